The molecule has 6 aliphatic rings. The highest BCUT2D eigenvalue weighted by molar-refractivity contribution is 6.99. The van der Waals surface area contributed by atoms with E-state index in [2.05, 4.69) is 55.7 Å². The van der Waals surface area contributed by atoms with Crippen molar-refractivity contribution in [2.45, 2.75) is 209 Å². The van der Waals surface area contributed by atoms with Crippen LogP contribution in [-0.2, 0) is 69.8 Å². The van der Waals surface area contributed by atoms with E-state index in [1.807, 2.05) is 148 Å². The van der Waals surface area contributed by atoms with Crippen LogP contribution in [-0.4, -0.2) is 135 Å². The first-order valence-corrected chi connectivity index (χ1v) is 32.9. The number of benzene rings is 5. The summed E-state index contributed by atoms with van der Waals surface area (Å²) in [7, 11) is -3.57. The highest BCUT2D eigenvalue weighted by Gasteiger charge is 2.61. The molecule has 5 aromatic rings. The van der Waals surface area contributed by atoms with Crippen LogP contribution in [0.4, 0.5) is 9.59 Å². The third-order valence-corrected chi connectivity index (χ3v) is 23.2. The van der Waals surface area contributed by atoms with Gasteiger partial charge in [0.25, 0.3) is 8.32 Å². The summed E-state index contributed by atoms with van der Waals surface area (Å²) in [5.74, 6) is -0.888. The molecular formula is C68H84N2O16Si. The second-order valence-electron chi connectivity index (χ2n) is 25.0. The van der Waals surface area contributed by atoms with E-state index < -0.39 is 124 Å². The lowest BCUT2D eigenvalue weighted by Gasteiger charge is -2.50. The van der Waals surface area contributed by atoms with Gasteiger partial charge in [0.1, 0.15) is 55.9 Å². The van der Waals surface area contributed by atoms with Gasteiger partial charge in [0.05, 0.1) is 49.1 Å². The molecule has 5 aliphatic heterocycles. The number of alkyl carbamates (subject to hydrolysis) is 2. The number of nitrogens with one attached hydrogen (secondary N) is 2. The number of esters is 1. The van der Waals surface area contributed by atoms with Crippen LogP contribution >= 0.6 is 0 Å². The molecule has 466 valence electrons. The minimum Gasteiger partial charge on any atom is -0.459 e. The number of carbonyl (C=O) groups excluding carboxylic acids is 3. The Hall–Kier alpha value is -6.07. The SMILES string of the molecule is CC[C@H]1O[C@@H](O[C@@H]2[C@H]3OC(=O)C[C@@H]3C[C@H](C)[C@H]2O[C@H]2O[C@H](CC)[C@@H](O)C[C@H]2NC(=O)OCc2ccccc2)[C@H](O[Si](c2ccccc2)(c2ccccc2)C(C)(C)C)[C@@H]1O[C@H]1O[C@H]2CCC(c3ccccc3)O[C@H]2[C@H](O)[C@H]1NC(=O)OCc1ccccc1. The molecule has 4 N–H and O–H groups in total. The van der Waals surface area contributed by atoms with Gasteiger partial charge in [-0.1, -0.05) is 193 Å². The van der Waals surface area contributed by atoms with Crippen LogP contribution in [0.2, 0.25) is 5.04 Å². The van der Waals surface area contributed by atoms with Crippen molar-refractivity contribution in [3.63, 3.8) is 0 Å². The first kappa shape index (κ1) is 62.5. The van der Waals surface area contributed by atoms with Gasteiger partial charge in [-0.05, 0) is 70.1 Å². The topological polar surface area (TPSA) is 217 Å². The van der Waals surface area contributed by atoms with Crippen molar-refractivity contribution in [3.8, 4) is 0 Å². The molecule has 18 nitrogen and oxygen atoms in total. The van der Waals surface area contributed by atoms with Gasteiger partial charge < -0.3 is 72.6 Å². The van der Waals surface area contributed by atoms with E-state index in [1.165, 1.54) is 0 Å². The van der Waals surface area contributed by atoms with Gasteiger partial charge >= 0.3 is 18.2 Å². The second kappa shape index (κ2) is 27.8. The highest BCUT2D eigenvalue weighted by atomic mass is 28.4. The zero-order chi connectivity index (χ0) is 60.8. The first-order valence-electron chi connectivity index (χ1n) is 31.0. The maximum atomic E-state index is 14.1. The molecule has 0 aromatic heterocycles. The van der Waals surface area contributed by atoms with Crippen LogP contribution < -0.4 is 21.0 Å². The van der Waals surface area contributed by atoms with Gasteiger partial charge in [0, 0.05) is 12.3 Å². The van der Waals surface area contributed by atoms with E-state index in [1.54, 1.807) is 0 Å². The van der Waals surface area contributed by atoms with Crippen molar-refractivity contribution in [1.29, 1.82) is 0 Å². The summed E-state index contributed by atoms with van der Waals surface area (Å²) in [6.07, 6.45) is -12.6. The van der Waals surface area contributed by atoms with Gasteiger partial charge in [0.2, 0.25) is 0 Å². The molecule has 0 bridgehead atoms. The van der Waals surface area contributed by atoms with E-state index in [0.29, 0.717) is 32.1 Å². The van der Waals surface area contributed by atoms with Crippen molar-refractivity contribution >= 4 is 36.8 Å². The minimum absolute atomic E-state index is 0.0223. The van der Waals surface area contributed by atoms with Gasteiger partial charge in [0.15, 0.2) is 18.9 Å². The summed E-state index contributed by atoms with van der Waals surface area (Å²) in [4.78, 5) is 41.2. The second-order valence-corrected chi connectivity index (χ2v) is 29.3. The fourth-order valence-corrected chi connectivity index (χ4v) is 18.5. The highest BCUT2D eigenvalue weighted by Crippen LogP contribution is 2.47. The number of aliphatic hydroxyl groups is 2. The number of amides is 2. The zero-order valence-electron chi connectivity index (χ0n) is 50.4. The number of rotatable bonds is 19. The largest absolute Gasteiger partial charge is 0.459 e. The Labute approximate surface area is 510 Å². The summed E-state index contributed by atoms with van der Waals surface area (Å²) in [5.41, 5.74) is 2.54. The van der Waals surface area contributed by atoms with Gasteiger partial charge in [-0.25, -0.2) is 9.59 Å². The molecule has 1 aliphatic carbocycles. The summed E-state index contributed by atoms with van der Waals surface area (Å²) >= 11 is 0. The molecule has 5 heterocycles. The molecule has 5 saturated heterocycles. The molecule has 2 amide bonds. The molecule has 1 unspecified atom stereocenters. The van der Waals surface area contributed by atoms with E-state index in [-0.39, 0.29) is 50.0 Å². The van der Waals surface area contributed by atoms with Crippen molar-refractivity contribution in [1.82, 2.24) is 10.6 Å². The average molecular weight is 1210 g/mol. The Morgan fingerprint density at radius 1 is 0.598 bits per heavy atom. The number of fused-ring (bicyclic) bond motifs is 2. The standard InChI is InChI=1S/C68H84N2O16Si/c1-7-50-49(71)38-48(69-66(74)76-39-42-24-14-9-15-25-42)63(79-50)83-57-41(3)36-45-37-54(72)82-58(45)61(57)85-65-62(86-87(68(4,5)6,46-30-20-12-21-31-46)47-32-22-13-23-33-47)60(51(8-2)80-65)84-64-55(70-67(75)77-40-43-26-16-10-17-27-43)56(73)59-53(81-64)35-34-52(78-59)44-28-18-11-19-29-44/h9-33,41,45,48-53,55-65,71,73H,7-8,34-40H2,1-6H3,(H,69,74)(H,70,75)/t41-,45-,48+,49-,50+,51+,52?,53-,55+,56+,57+,58-,59+,60+,61-,62+,63+,64+,65-/m0/s1. The molecule has 5 aromatic carbocycles. The van der Waals surface area contributed by atoms with Crippen molar-refractivity contribution in [3.05, 3.63) is 168 Å². The van der Waals surface area contributed by atoms with Gasteiger partial charge in [-0.15, -0.1) is 0 Å². The van der Waals surface area contributed by atoms with E-state index >= 15 is 0 Å². The molecular weight excluding hydrogens is 1130 g/mol. The molecule has 19 atom stereocenters. The fourth-order valence-electron chi connectivity index (χ4n) is 13.8. The van der Waals surface area contributed by atoms with Crippen molar-refractivity contribution < 1.29 is 76.4 Å². The van der Waals surface area contributed by atoms with Crippen molar-refractivity contribution in [2.24, 2.45) is 11.8 Å². The minimum atomic E-state index is -3.57. The summed E-state index contributed by atoms with van der Waals surface area (Å²) in [6.45, 7) is 12.4. The lowest BCUT2D eigenvalue weighted by atomic mass is 9.76. The molecule has 6 fully saturated rings. The molecule has 1 saturated carbocycles. The van der Waals surface area contributed by atoms with E-state index in [0.717, 1.165) is 27.1 Å². The van der Waals surface area contributed by atoms with Crippen LogP contribution in [0.5, 0.6) is 0 Å². The van der Waals surface area contributed by atoms with Crippen LogP contribution in [0.3, 0.4) is 0 Å². The first-order chi connectivity index (χ1) is 42.1. The lowest BCUT2D eigenvalue weighted by molar-refractivity contribution is -0.309. The number of hydrogen-bond acceptors (Lipinski definition) is 16. The Morgan fingerprint density at radius 3 is 1.72 bits per heavy atom. The predicted molar refractivity (Wildman–Crippen MR) is 322 cm³/mol. The number of hydrogen-bond donors (Lipinski definition) is 4. The lowest BCUT2D eigenvalue weighted by Crippen LogP contribution is -2.70. The number of ether oxygens (including phenoxy) is 10. The monoisotopic (exact) mass is 1210 g/mol. The van der Waals surface area contributed by atoms with Crippen LogP contribution in [0.25, 0.3) is 0 Å². The predicted octanol–water partition coefficient (Wildman–Crippen LogP) is 8.68. The quantitative estimate of drug-likeness (QED) is 0.0345. The summed E-state index contributed by atoms with van der Waals surface area (Å²) in [5, 5.41) is 31.3. The maximum absolute atomic E-state index is 14.1. The number of aliphatic hydroxyl groups excluding tert-OH is 2. The number of carbonyl (C=O) groups is 3. The Morgan fingerprint density at radius 2 is 1.14 bits per heavy atom. The normalized spacial score (nSPS) is 33.3. The Kier molecular flexibility index (Phi) is 20.0. The Bertz CT molecular complexity index is 2980. The molecule has 87 heavy (non-hydrogen) atoms. The van der Waals surface area contributed by atoms with Crippen LogP contribution in [0.1, 0.15) is 109 Å². The Balaban J connectivity index is 0.962. The third kappa shape index (κ3) is 13.9. The van der Waals surface area contributed by atoms with Gasteiger partial charge in [-0.2, -0.15) is 0 Å². The van der Waals surface area contributed by atoms with Gasteiger partial charge in [-0.3, -0.25) is 4.79 Å². The molecule has 19 heteroatoms. The molecule has 0 spiro atoms. The molecule has 11 rings (SSSR count). The molecule has 0 radical (unpaired) electrons. The maximum Gasteiger partial charge on any atom is 0.407 e. The summed E-state index contributed by atoms with van der Waals surface area (Å²) < 4.78 is 75.4. The third-order valence-electron chi connectivity index (χ3n) is 18.2. The fraction of sp³-hybridized carbons (Fsp3) is 0.515. The van der Waals surface area contributed by atoms with Crippen LogP contribution in [0, 0.1) is 11.8 Å². The summed E-state index contributed by atoms with van der Waals surface area (Å²) in [6, 6.07) is 46.8. The van der Waals surface area contributed by atoms with E-state index in [9.17, 15) is 24.6 Å². The zero-order valence-corrected chi connectivity index (χ0v) is 51.4. The van der Waals surface area contributed by atoms with Crippen LogP contribution in [0.15, 0.2) is 152 Å². The smallest absolute Gasteiger partial charge is 0.407 e. The van der Waals surface area contributed by atoms with E-state index in [4.69, 9.17) is 51.8 Å². The van der Waals surface area contributed by atoms with Crippen molar-refractivity contribution in [2.75, 3.05) is 0 Å². The average Bonchev–Trinajstić information content (AvgIpc) is 2.00.